The lowest BCUT2D eigenvalue weighted by atomic mass is 10.1. The van der Waals surface area contributed by atoms with Crippen LogP contribution in [0.3, 0.4) is 0 Å². The molecule has 0 fully saturated rings. The first-order chi connectivity index (χ1) is 8.31. The predicted molar refractivity (Wildman–Crippen MR) is 66.2 cm³/mol. The molecular formula is C13H19F2NO2. The average Bonchev–Trinajstić information content (AvgIpc) is 2.25. The highest BCUT2D eigenvalue weighted by Crippen LogP contribution is 2.29. The van der Waals surface area contributed by atoms with Crippen molar-refractivity contribution in [3.8, 4) is 11.5 Å². The minimum atomic E-state index is -2.86. The topological polar surface area (TPSA) is 30.5 Å². The molecule has 0 spiro atoms. The number of rotatable bonds is 5. The van der Waals surface area contributed by atoms with Crippen LogP contribution < -0.4 is 14.8 Å². The van der Waals surface area contributed by atoms with Gasteiger partial charge in [0.1, 0.15) is 0 Å². The quantitative estimate of drug-likeness (QED) is 0.881. The molecule has 0 aliphatic heterocycles. The lowest BCUT2D eigenvalue weighted by Crippen LogP contribution is -2.35. The van der Waals surface area contributed by atoms with Crippen LogP contribution in [-0.4, -0.2) is 19.3 Å². The Labute approximate surface area is 106 Å². The Morgan fingerprint density at radius 2 is 1.89 bits per heavy atom. The standard InChI is InChI=1S/C13H19F2NO2/c1-13(2,3)16-8-9-5-6-10(17-4)11(7-9)18-12(14)15/h5-7,12,16H,8H2,1-4H3. The minimum Gasteiger partial charge on any atom is -0.493 e. The maximum absolute atomic E-state index is 12.3. The minimum absolute atomic E-state index is 0.0380. The molecule has 0 aliphatic carbocycles. The van der Waals surface area contributed by atoms with E-state index in [1.54, 1.807) is 12.1 Å². The number of hydrogen-bond acceptors (Lipinski definition) is 3. The van der Waals surface area contributed by atoms with Crippen LogP contribution in [0.4, 0.5) is 8.78 Å². The van der Waals surface area contributed by atoms with Crippen LogP contribution in [0.2, 0.25) is 0 Å². The normalized spacial score (nSPS) is 11.7. The largest absolute Gasteiger partial charge is 0.493 e. The number of nitrogens with one attached hydrogen (secondary N) is 1. The molecule has 0 aliphatic rings. The highest BCUT2D eigenvalue weighted by molar-refractivity contribution is 5.43. The van der Waals surface area contributed by atoms with Crippen molar-refractivity contribution in [2.24, 2.45) is 0 Å². The molecule has 0 heterocycles. The highest BCUT2D eigenvalue weighted by Gasteiger charge is 2.13. The van der Waals surface area contributed by atoms with Gasteiger partial charge in [-0.1, -0.05) is 6.07 Å². The molecule has 0 aromatic heterocycles. The van der Waals surface area contributed by atoms with Gasteiger partial charge in [-0.2, -0.15) is 8.78 Å². The Bertz CT molecular complexity index is 389. The number of halogens is 2. The highest BCUT2D eigenvalue weighted by atomic mass is 19.3. The van der Waals surface area contributed by atoms with E-state index in [9.17, 15) is 8.78 Å². The summed E-state index contributed by atoms with van der Waals surface area (Å²) >= 11 is 0. The van der Waals surface area contributed by atoms with Crippen molar-refractivity contribution in [1.29, 1.82) is 0 Å². The number of benzene rings is 1. The molecule has 3 nitrogen and oxygen atoms in total. The van der Waals surface area contributed by atoms with Crippen molar-refractivity contribution in [1.82, 2.24) is 5.32 Å². The summed E-state index contributed by atoms with van der Waals surface area (Å²) < 4.78 is 33.9. The molecule has 5 heteroatoms. The molecule has 0 bridgehead atoms. The molecular weight excluding hydrogens is 240 g/mol. The van der Waals surface area contributed by atoms with E-state index in [1.165, 1.54) is 7.11 Å². The molecule has 1 rings (SSSR count). The Hall–Kier alpha value is -1.36. The number of methoxy groups -OCH3 is 1. The second kappa shape index (κ2) is 6.00. The zero-order valence-electron chi connectivity index (χ0n) is 11.1. The Kier molecular flexibility index (Phi) is 4.90. The SMILES string of the molecule is COc1ccc(CNC(C)(C)C)cc1OC(F)F. The number of alkyl halides is 2. The molecule has 0 radical (unpaired) electrons. The van der Waals surface area contributed by atoms with Gasteiger partial charge in [-0.3, -0.25) is 0 Å². The van der Waals surface area contributed by atoms with Gasteiger partial charge in [0.25, 0.3) is 0 Å². The van der Waals surface area contributed by atoms with E-state index in [-0.39, 0.29) is 11.3 Å². The predicted octanol–water partition coefficient (Wildman–Crippen LogP) is 3.18. The lowest BCUT2D eigenvalue weighted by molar-refractivity contribution is -0.0512. The summed E-state index contributed by atoms with van der Waals surface area (Å²) in [6.07, 6.45) is 0. The average molecular weight is 259 g/mol. The van der Waals surface area contributed by atoms with Gasteiger partial charge in [0.2, 0.25) is 0 Å². The van der Waals surface area contributed by atoms with E-state index in [1.807, 2.05) is 26.8 Å². The van der Waals surface area contributed by atoms with Crippen LogP contribution in [-0.2, 0) is 6.54 Å². The summed E-state index contributed by atoms with van der Waals surface area (Å²) in [4.78, 5) is 0. The van der Waals surface area contributed by atoms with Crippen LogP contribution in [0.25, 0.3) is 0 Å². The van der Waals surface area contributed by atoms with Crippen LogP contribution in [0.15, 0.2) is 18.2 Å². The van der Waals surface area contributed by atoms with Crippen LogP contribution in [0.5, 0.6) is 11.5 Å². The van der Waals surface area contributed by atoms with Crippen LogP contribution in [0, 0.1) is 0 Å². The maximum Gasteiger partial charge on any atom is 0.387 e. The second-order valence-electron chi connectivity index (χ2n) is 4.97. The number of hydrogen-bond donors (Lipinski definition) is 1. The van der Waals surface area contributed by atoms with Gasteiger partial charge in [0, 0.05) is 12.1 Å². The fraction of sp³-hybridized carbons (Fsp3) is 0.538. The zero-order chi connectivity index (χ0) is 13.8. The first-order valence-electron chi connectivity index (χ1n) is 5.68. The van der Waals surface area contributed by atoms with Gasteiger partial charge >= 0.3 is 6.61 Å². The number of ether oxygens (including phenoxy) is 2. The van der Waals surface area contributed by atoms with Gasteiger partial charge in [-0.15, -0.1) is 0 Å². The Morgan fingerprint density at radius 3 is 2.39 bits per heavy atom. The van der Waals surface area contributed by atoms with Gasteiger partial charge in [0.15, 0.2) is 11.5 Å². The first kappa shape index (κ1) is 14.7. The molecule has 0 amide bonds. The second-order valence-corrected chi connectivity index (χ2v) is 4.97. The molecule has 1 aromatic carbocycles. The summed E-state index contributed by atoms with van der Waals surface area (Å²) in [5.41, 5.74) is 0.824. The summed E-state index contributed by atoms with van der Waals surface area (Å²) in [6.45, 7) is 3.82. The zero-order valence-corrected chi connectivity index (χ0v) is 11.1. The van der Waals surface area contributed by atoms with Gasteiger partial charge in [-0.05, 0) is 38.5 Å². The summed E-state index contributed by atoms with van der Waals surface area (Å²) in [7, 11) is 1.42. The summed E-state index contributed by atoms with van der Waals surface area (Å²) in [5.74, 6) is 0.357. The molecule has 0 saturated heterocycles. The van der Waals surface area contributed by atoms with E-state index < -0.39 is 6.61 Å². The van der Waals surface area contributed by atoms with Crippen molar-refractivity contribution in [3.05, 3.63) is 23.8 Å². The van der Waals surface area contributed by atoms with Crippen molar-refractivity contribution in [2.75, 3.05) is 7.11 Å². The van der Waals surface area contributed by atoms with Crippen LogP contribution >= 0.6 is 0 Å². The molecule has 0 saturated carbocycles. The van der Waals surface area contributed by atoms with E-state index in [2.05, 4.69) is 10.1 Å². The van der Waals surface area contributed by atoms with Crippen LogP contribution in [0.1, 0.15) is 26.3 Å². The van der Waals surface area contributed by atoms with E-state index >= 15 is 0 Å². The third kappa shape index (κ3) is 4.87. The summed E-state index contributed by atoms with van der Waals surface area (Å²) in [5, 5.41) is 3.27. The molecule has 18 heavy (non-hydrogen) atoms. The molecule has 1 aromatic rings. The fourth-order valence-corrected chi connectivity index (χ4v) is 1.39. The van der Waals surface area contributed by atoms with E-state index in [0.29, 0.717) is 12.3 Å². The third-order valence-corrected chi connectivity index (χ3v) is 2.27. The van der Waals surface area contributed by atoms with Crippen molar-refractivity contribution >= 4 is 0 Å². The summed E-state index contributed by atoms with van der Waals surface area (Å²) in [6, 6.07) is 5.00. The Morgan fingerprint density at radius 1 is 1.22 bits per heavy atom. The maximum atomic E-state index is 12.3. The Balaban J connectivity index is 2.82. The van der Waals surface area contributed by atoms with E-state index in [0.717, 1.165) is 5.56 Å². The molecule has 0 atom stereocenters. The molecule has 0 unspecified atom stereocenters. The first-order valence-corrected chi connectivity index (χ1v) is 5.68. The van der Waals surface area contributed by atoms with Gasteiger partial charge in [0.05, 0.1) is 7.11 Å². The van der Waals surface area contributed by atoms with E-state index in [4.69, 9.17) is 4.74 Å². The van der Waals surface area contributed by atoms with Crippen molar-refractivity contribution in [3.63, 3.8) is 0 Å². The van der Waals surface area contributed by atoms with Crippen molar-refractivity contribution < 1.29 is 18.3 Å². The van der Waals surface area contributed by atoms with Gasteiger partial charge < -0.3 is 14.8 Å². The van der Waals surface area contributed by atoms with Gasteiger partial charge in [-0.25, -0.2) is 0 Å². The smallest absolute Gasteiger partial charge is 0.387 e. The third-order valence-electron chi connectivity index (χ3n) is 2.27. The van der Waals surface area contributed by atoms with Crippen molar-refractivity contribution in [2.45, 2.75) is 39.5 Å². The fourth-order valence-electron chi connectivity index (χ4n) is 1.39. The monoisotopic (exact) mass is 259 g/mol. The molecule has 102 valence electrons. The molecule has 1 N–H and O–H groups in total. The lowest BCUT2D eigenvalue weighted by Gasteiger charge is -2.21.